The number of benzene rings is 1. The fourth-order valence-electron chi connectivity index (χ4n) is 4.77. The van der Waals surface area contributed by atoms with Gasteiger partial charge in [0.2, 0.25) is 0 Å². The third-order valence-electron chi connectivity index (χ3n) is 6.84. The third kappa shape index (κ3) is 5.48. The summed E-state index contributed by atoms with van der Waals surface area (Å²) in [6, 6.07) is 7.54. The summed E-state index contributed by atoms with van der Waals surface area (Å²) in [5, 5.41) is 3.97. The highest BCUT2D eigenvalue weighted by molar-refractivity contribution is 5.94. The minimum Gasteiger partial charge on any atom is -0.489 e. The van der Waals surface area contributed by atoms with E-state index in [2.05, 4.69) is 17.0 Å². The Kier molecular flexibility index (Phi) is 6.96. The molecule has 1 aromatic carbocycles. The highest BCUT2D eigenvalue weighted by Crippen LogP contribution is 2.24. The summed E-state index contributed by atoms with van der Waals surface area (Å²) in [6.45, 7) is 11.8. The largest absolute Gasteiger partial charge is 0.489 e. The maximum absolute atomic E-state index is 13.2. The Morgan fingerprint density at radius 1 is 1.19 bits per heavy atom. The maximum Gasteiger partial charge on any atom is 0.253 e. The first kappa shape index (κ1) is 21.9. The molecule has 2 fully saturated rings. The molecule has 1 unspecified atom stereocenters. The highest BCUT2D eigenvalue weighted by atomic mass is 16.5. The lowest BCUT2D eigenvalue weighted by molar-refractivity contribution is 0.0621. The zero-order chi connectivity index (χ0) is 21.8. The van der Waals surface area contributed by atoms with Crippen molar-refractivity contribution >= 4 is 5.91 Å². The summed E-state index contributed by atoms with van der Waals surface area (Å²) in [4.78, 5) is 17.8. The molecule has 3 heterocycles. The van der Waals surface area contributed by atoms with E-state index in [1.807, 2.05) is 43.0 Å². The van der Waals surface area contributed by atoms with Gasteiger partial charge in [0.15, 0.2) is 0 Å². The average molecular weight is 426 g/mol. The van der Waals surface area contributed by atoms with Crippen molar-refractivity contribution < 1.29 is 14.1 Å². The van der Waals surface area contributed by atoms with E-state index < -0.39 is 0 Å². The van der Waals surface area contributed by atoms with E-state index in [0.29, 0.717) is 23.8 Å². The van der Waals surface area contributed by atoms with E-state index in [4.69, 9.17) is 9.26 Å². The molecular formula is C25H35N3O3. The van der Waals surface area contributed by atoms with E-state index in [-0.39, 0.29) is 5.91 Å². The van der Waals surface area contributed by atoms with Crippen molar-refractivity contribution in [3.05, 3.63) is 46.8 Å². The van der Waals surface area contributed by atoms with Crippen LogP contribution in [0, 0.1) is 25.7 Å². The molecule has 0 saturated carbocycles. The first-order valence-corrected chi connectivity index (χ1v) is 11.7. The van der Waals surface area contributed by atoms with Crippen LogP contribution in [-0.2, 0) is 6.61 Å². The van der Waals surface area contributed by atoms with Crippen molar-refractivity contribution in [1.82, 2.24) is 15.0 Å². The predicted molar refractivity (Wildman–Crippen MR) is 120 cm³/mol. The Morgan fingerprint density at radius 3 is 2.74 bits per heavy atom. The van der Waals surface area contributed by atoms with Crippen LogP contribution in [0.3, 0.4) is 0 Å². The van der Waals surface area contributed by atoms with Gasteiger partial charge in [-0.25, -0.2) is 0 Å². The summed E-state index contributed by atoms with van der Waals surface area (Å²) in [6.07, 6.45) is 4.91. The van der Waals surface area contributed by atoms with Gasteiger partial charge in [-0.3, -0.25) is 4.79 Å². The summed E-state index contributed by atoms with van der Waals surface area (Å²) in [5.41, 5.74) is 2.50. The van der Waals surface area contributed by atoms with Gasteiger partial charge < -0.3 is 19.1 Å². The fraction of sp³-hybridized carbons (Fsp3) is 0.600. The quantitative estimate of drug-likeness (QED) is 0.684. The number of rotatable bonds is 6. The summed E-state index contributed by atoms with van der Waals surface area (Å²) in [5.74, 6) is 3.01. The lowest BCUT2D eigenvalue weighted by Crippen LogP contribution is -2.45. The standard InChI is InChI=1S/C25H35N3O3/c1-18-9-12-27(13-10-18)15-21-6-5-11-28(16-21)25(29)22-7-4-8-23(14-22)30-17-24-19(2)26-31-20(24)3/h4,7-8,14,18,21H,5-6,9-13,15-17H2,1-3H3. The first-order chi connectivity index (χ1) is 15.0. The zero-order valence-electron chi connectivity index (χ0n) is 19.1. The van der Waals surface area contributed by atoms with Gasteiger partial charge in [0.1, 0.15) is 18.1 Å². The van der Waals surface area contributed by atoms with Gasteiger partial charge in [0.25, 0.3) is 5.91 Å². The molecule has 6 nitrogen and oxygen atoms in total. The summed E-state index contributed by atoms with van der Waals surface area (Å²) >= 11 is 0. The number of ether oxygens (including phenoxy) is 1. The van der Waals surface area contributed by atoms with E-state index in [9.17, 15) is 4.79 Å². The average Bonchev–Trinajstić information content (AvgIpc) is 3.11. The number of likely N-dealkylation sites (tertiary alicyclic amines) is 2. The van der Waals surface area contributed by atoms with Crippen LogP contribution in [0.1, 0.15) is 60.0 Å². The van der Waals surface area contributed by atoms with E-state index in [1.54, 1.807) is 0 Å². The minimum absolute atomic E-state index is 0.111. The molecule has 2 saturated heterocycles. The van der Waals surface area contributed by atoms with Gasteiger partial charge in [-0.1, -0.05) is 18.1 Å². The zero-order valence-corrected chi connectivity index (χ0v) is 19.1. The van der Waals surface area contributed by atoms with Crippen molar-refractivity contribution in [2.45, 2.75) is 53.1 Å². The highest BCUT2D eigenvalue weighted by Gasteiger charge is 2.27. The third-order valence-corrected chi connectivity index (χ3v) is 6.84. The van der Waals surface area contributed by atoms with E-state index in [0.717, 1.165) is 49.0 Å². The number of nitrogens with zero attached hydrogens (tertiary/aromatic N) is 3. The number of carbonyl (C=O) groups excluding carboxylic acids is 1. The first-order valence-electron chi connectivity index (χ1n) is 11.7. The van der Waals surface area contributed by atoms with Crippen LogP contribution in [0.5, 0.6) is 5.75 Å². The van der Waals surface area contributed by atoms with Crippen molar-refractivity contribution in [2.75, 3.05) is 32.7 Å². The Morgan fingerprint density at radius 2 is 2.00 bits per heavy atom. The molecular weight excluding hydrogens is 390 g/mol. The second kappa shape index (κ2) is 9.86. The molecule has 168 valence electrons. The van der Waals surface area contributed by atoms with Gasteiger partial charge in [0.05, 0.1) is 11.3 Å². The Labute approximate surface area is 185 Å². The number of hydrogen-bond donors (Lipinski definition) is 0. The molecule has 0 aliphatic carbocycles. The molecule has 2 aliphatic rings. The topological polar surface area (TPSA) is 58.8 Å². The van der Waals surface area contributed by atoms with Crippen LogP contribution in [0.4, 0.5) is 0 Å². The number of hydrogen-bond acceptors (Lipinski definition) is 5. The number of aromatic nitrogens is 1. The van der Waals surface area contributed by atoms with Crippen LogP contribution in [0.2, 0.25) is 0 Å². The molecule has 0 bridgehead atoms. The molecule has 2 aliphatic heterocycles. The van der Waals surface area contributed by atoms with Crippen LogP contribution in [0.15, 0.2) is 28.8 Å². The Balaban J connectivity index is 1.34. The van der Waals surface area contributed by atoms with Gasteiger partial charge in [-0.15, -0.1) is 0 Å². The predicted octanol–water partition coefficient (Wildman–Crippen LogP) is 4.45. The second-order valence-electron chi connectivity index (χ2n) is 9.36. The van der Waals surface area contributed by atoms with E-state index >= 15 is 0 Å². The molecule has 4 rings (SSSR count). The number of amides is 1. The van der Waals surface area contributed by atoms with Crippen molar-refractivity contribution in [2.24, 2.45) is 11.8 Å². The fourth-order valence-corrected chi connectivity index (χ4v) is 4.77. The lowest BCUT2D eigenvalue weighted by atomic mass is 9.94. The molecule has 1 atom stereocenters. The van der Waals surface area contributed by atoms with E-state index in [1.165, 1.54) is 32.4 Å². The summed E-state index contributed by atoms with van der Waals surface area (Å²) < 4.78 is 11.1. The molecule has 31 heavy (non-hydrogen) atoms. The van der Waals surface area contributed by atoms with Gasteiger partial charge >= 0.3 is 0 Å². The minimum atomic E-state index is 0.111. The van der Waals surface area contributed by atoms with Crippen LogP contribution in [-0.4, -0.2) is 53.6 Å². The molecule has 2 aromatic rings. The molecule has 0 spiro atoms. The number of piperidine rings is 2. The molecule has 1 aromatic heterocycles. The molecule has 6 heteroatoms. The van der Waals surface area contributed by atoms with Crippen molar-refractivity contribution in [1.29, 1.82) is 0 Å². The smallest absolute Gasteiger partial charge is 0.253 e. The number of carbonyl (C=O) groups is 1. The number of aryl methyl sites for hydroxylation is 2. The summed E-state index contributed by atoms with van der Waals surface area (Å²) in [7, 11) is 0. The van der Waals surface area contributed by atoms with Crippen LogP contribution >= 0.6 is 0 Å². The van der Waals surface area contributed by atoms with Crippen LogP contribution < -0.4 is 4.74 Å². The van der Waals surface area contributed by atoms with Crippen molar-refractivity contribution in [3.8, 4) is 5.75 Å². The monoisotopic (exact) mass is 425 g/mol. The maximum atomic E-state index is 13.2. The van der Waals surface area contributed by atoms with Gasteiger partial charge in [0, 0.05) is 25.2 Å². The molecule has 1 amide bonds. The molecule has 0 N–H and O–H groups in total. The lowest BCUT2D eigenvalue weighted by Gasteiger charge is -2.38. The Bertz CT molecular complexity index is 866. The van der Waals surface area contributed by atoms with Gasteiger partial charge in [-0.05, 0) is 82.7 Å². The Hall–Kier alpha value is -2.34. The van der Waals surface area contributed by atoms with Gasteiger partial charge in [-0.2, -0.15) is 0 Å². The second-order valence-corrected chi connectivity index (χ2v) is 9.36. The van der Waals surface area contributed by atoms with Crippen molar-refractivity contribution in [3.63, 3.8) is 0 Å². The normalized spacial score (nSPS) is 20.7. The molecule has 0 radical (unpaired) electrons. The SMILES string of the molecule is Cc1noc(C)c1COc1cccc(C(=O)N2CCCC(CN3CCC(C)CC3)C2)c1. The van der Waals surface area contributed by atoms with Crippen LogP contribution in [0.25, 0.3) is 0 Å².